The zero-order valence-corrected chi connectivity index (χ0v) is 9.94. The second-order valence-electron chi connectivity index (χ2n) is 4.16. The number of rotatable bonds is 4. The molecule has 1 amide bonds. The van der Waals surface area contributed by atoms with E-state index in [0.29, 0.717) is 13.2 Å². The van der Waals surface area contributed by atoms with Gasteiger partial charge < -0.3 is 10.5 Å². The van der Waals surface area contributed by atoms with E-state index in [0.717, 1.165) is 19.4 Å². The monoisotopic (exact) mass is 228 g/mol. The summed E-state index contributed by atoms with van der Waals surface area (Å²) in [6.45, 7) is 5.37. The van der Waals surface area contributed by atoms with Gasteiger partial charge in [-0.1, -0.05) is 0 Å². The fraction of sp³-hybridized carbons (Fsp3) is 0.818. The molecule has 0 aliphatic carbocycles. The van der Waals surface area contributed by atoms with Gasteiger partial charge in [0.15, 0.2) is 0 Å². The van der Waals surface area contributed by atoms with Crippen molar-refractivity contribution in [3.63, 3.8) is 0 Å². The molecule has 0 saturated carbocycles. The standard InChI is InChI=1S/C11H20N2O3/c1-3-16-11(15)9-5-4-6-13(7-9)8(2)10(12)14/h8-9H,3-7H2,1-2H3,(H2,12,14)/t8-,9+/m0/s1. The largest absolute Gasteiger partial charge is 0.466 e. The van der Waals surface area contributed by atoms with Crippen molar-refractivity contribution in [2.24, 2.45) is 11.7 Å². The predicted octanol–water partition coefficient (Wildman–Crippen LogP) is 0.135. The first-order valence-electron chi connectivity index (χ1n) is 5.76. The molecule has 0 aromatic carbocycles. The summed E-state index contributed by atoms with van der Waals surface area (Å²) in [5, 5.41) is 0. The molecule has 1 fully saturated rings. The molecule has 0 aromatic rings. The number of esters is 1. The van der Waals surface area contributed by atoms with Gasteiger partial charge in [0.2, 0.25) is 5.91 Å². The highest BCUT2D eigenvalue weighted by Crippen LogP contribution is 2.19. The maximum Gasteiger partial charge on any atom is 0.310 e. The Morgan fingerprint density at radius 1 is 1.56 bits per heavy atom. The van der Waals surface area contributed by atoms with Crippen molar-refractivity contribution in [2.45, 2.75) is 32.7 Å². The first-order valence-corrected chi connectivity index (χ1v) is 5.76. The van der Waals surface area contributed by atoms with E-state index in [1.807, 2.05) is 4.90 Å². The number of amides is 1. The van der Waals surface area contributed by atoms with Crippen molar-refractivity contribution < 1.29 is 14.3 Å². The summed E-state index contributed by atoms with van der Waals surface area (Å²) in [5.74, 6) is -0.621. The molecule has 2 atom stereocenters. The highest BCUT2D eigenvalue weighted by Gasteiger charge is 2.30. The van der Waals surface area contributed by atoms with Crippen LogP contribution in [-0.2, 0) is 14.3 Å². The molecule has 5 heteroatoms. The van der Waals surface area contributed by atoms with Crippen LogP contribution in [0.3, 0.4) is 0 Å². The molecule has 0 spiro atoms. The van der Waals surface area contributed by atoms with Gasteiger partial charge in [0.25, 0.3) is 0 Å². The molecular formula is C11H20N2O3. The number of carbonyl (C=O) groups is 2. The molecule has 1 aliphatic heterocycles. The Bertz CT molecular complexity index is 268. The maximum atomic E-state index is 11.6. The van der Waals surface area contributed by atoms with Gasteiger partial charge in [-0.05, 0) is 33.2 Å². The van der Waals surface area contributed by atoms with E-state index in [-0.39, 0.29) is 23.8 Å². The third-order valence-corrected chi connectivity index (χ3v) is 3.03. The van der Waals surface area contributed by atoms with Gasteiger partial charge in [-0.2, -0.15) is 0 Å². The van der Waals surface area contributed by atoms with Gasteiger partial charge in [-0.25, -0.2) is 0 Å². The fourth-order valence-electron chi connectivity index (χ4n) is 1.99. The minimum absolute atomic E-state index is 0.115. The van der Waals surface area contributed by atoms with Crippen molar-refractivity contribution >= 4 is 11.9 Å². The van der Waals surface area contributed by atoms with E-state index in [9.17, 15) is 9.59 Å². The van der Waals surface area contributed by atoms with Gasteiger partial charge in [0.05, 0.1) is 18.6 Å². The van der Waals surface area contributed by atoms with E-state index in [2.05, 4.69) is 0 Å². The number of nitrogens with two attached hydrogens (primary N) is 1. The Balaban J connectivity index is 2.53. The Labute approximate surface area is 95.9 Å². The van der Waals surface area contributed by atoms with E-state index < -0.39 is 0 Å². The average Bonchev–Trinajstić information content (AvgIpc) is 2.28. The van der Waals surface area contributed by atoms with Gasteiger partial charge in [0.1, 0.15) is 0 Å². The number of hydrogen-bond acceptors (Lipinski definition) is 4. The van der Waals surface area contributed by atoms with Crippen LogP contribution in [0.5, 0.6) is 0 Å². The first kappa shape index (κ1) is 13.0. The predicted molar refractivity (Wildman–Crippen MR) is 59.6 cm³/mol. The molecule has 16 heavy (non-hydrogen) atoms. The third-order valence-electron chi connectivity index (χ3n) is 3.03. The highest BCUT2D eigenvalue weighted by atomic mass is 16.5. The van der Waals surface area contributed by atoms with Crippen LogP contribution in [0.25, 0.3) is 0 Å². The summed E-state index contributed by atoms with van der Waals surface area (Å²) >= 11 is 0. The summed E-state index contributed by atoms with van der Waals surface area (Å²) in [6, 6.07) is -0.308. The molecule has 1 heterocycles. The smallest absolute Gasteiger partial charge is 0.310 e. The van der Waals surface area contributed by atoms with Crippen molar-refractivity contribution in [3.05, 3.63) is 0 Å². The minimum atomic E-state index is -0.343. The topological polar surface area (TPSA) is 72.6 Å². The maximum absolute atomic E-state index is 11.6. The van der Waals surface area contributed by atoms with Crippen LogP contribution in [0.4, 0.5) is 0 Å². The third kappa shape index (κ3) is 3.20. The highest BCUT2D eigenvalue weighted by molar-refractivity contribution is 5.79. The lowest BCUT2D eigenvalue weighted by atomic mass is 9.97. The Hall–Kier alpha value is -1.10. The van der Waals surface area contributed by atoms with Gasteiger partial charge in [0, 0.05) is 6.54 Å². The zero-order chi connectivity index (χ0) is 12.1. The number of primary amides is 1. The fourth-order valence-corrected chi connectivity index (χ4v) is 1.99. The van der Waals surface area contributed by atoms with Gasteiger partial charge in [-0.15, -0.1) is 0 Å². The molecule has 2 N–H and O–H groups in total. The number of nitrogens with zero attached hydrogens (tertiary/aromatic N) is 1. The first-order chi connectivity index (χ1) is 7.56. The second-order valence-corrected chi connectivity index (χ2v) is 4.16. The molecule has 92 valence electrons. The summed E-state index contributed by atoms with van der Waals surface area (Å²) in [7, 11) is 0. The average molecular weight is 228 g/mol. The summed E-state index contributed by atoms with van der Waals surface area (Å²) in [6.07, 6.45) is 1.74. The lowest BCUT2D eigenvalue weighted by Crippen LogP contribution is -2.49. The molecule has 1 saturated heterocycles. The van der Waals surface area contributed by atoms with Crippen LogP contribution in [0.1, 0.15) is 26.7 Å². The molecule has 0 aromatic heterocycles. The van der Waals surface area contributed by atoms with Crippen LogP contribution in [0.2, 0.25) is 0 Å². The SMILES string of the molecule is CCOC(=O)[C@@H]1CCCN([C@@H](C)C(N)=O)C1. The van der Waals surface area contributed by atoms with Gasteiger partial charge in [-0.3, -0.25) is 14.5 Å². The number of hydrogen-bond donors (Lipinski definition) is 1. The number of carbonyl (C=O) groups excluding carboxylic acids is 2. The summed E-state index contributed by atoms with van der Waals surface area (Å²) < 4.78 is 4.99. The molecule has 1 rings (SSSR count). The summed E-state index contributed by atoms with van der Waals surface area (Å²) in [5.41, 5.74) is 5.25. The zero-order valence-electron chi connectivity index (χ0n) is 9.94. The lowest BCUT2D eigenvalue weighted by Gasteiger charge is -2.34. The Morgan fingerprint density at radius 2 is 2.25 bits per heavy atom. The van der Waals surface area contributed by atoms with Crippen LogP contribution in [0.15, 0.2) is 0 Å². The molecule has 0 unspecified atom stereocenters. The molecule has 0 radical (unpaired) electrons. The molecular weight excluding hydrogens is 208 g/mol. The number of piperidine rings is 1. The van der Waals surface area contributed by atoms with E-state index >= 15 is 0 Å². The van der Waals surface area contributed by atoms with Crippen molar-refractivity contribution in [1.82, 2.24) is 4.90 Å². The van der Waals surface area contributed by atoms with Crippen molar-refractivity contribution in [1.29, 1.82) is 0 Å². The van der Waals surface area contributed by atoms with Crippen LogP contribution in [0, 0.1) is 5.92 Å². The summed E-state index contributed by atoms with van der Waals surface area (Å²) in [4.78, 5) is 24.6. The molecule has 0 bridgehead atoms. The Kier molecular flexibility index (Phi) is 4.73. The second kappa shape index (κ2) is 5.84. The van der Waals surface area contributed by atoms with E-state index in [1.54, 1.807) is 13.8 Å². The van der Waals surface area contributed by atoms with Crippen molar-refractivity contribution in [2.75, 3.05) is 19.7 Å². The van der Waals surface area contributed by atoms with Crippen LogP contribution >= 0.6 is 0 Å². The number of likely N-dealkylation sites (tertiary alicyclic amines) is 1. The normalized spacial score (nSPS) is 23.8. The Morgan fingerprint density at radius 3 is 2.81 bits per heavy atom. The van der Waals surface area contributed by atoms with Crippen LogP contribution in [-0.4, -0.2) is 42.5 Å². The van der Waals surface area contributed by atoms with Crippen LogP contribution < -0.4 is 5.73 Å². The van der Waals surface area contributed by atoms with Crippen molar-refractivity contribution in [3.8, 4) is 0 Å². The quantitative estimate of drug-likeness (QED) is 0.694. The minimum Gasteiger partial charge on any atom is -0.466 e. The lowest BCUT2D eigenvalue weighted by molar-refractivity contribution is -0.150. The molecule has 5 nitrogen and oxygen atoms in total. The number of ether oxygens (including phenoxy) is 1. The van der Waals surface area contributed by atoms with E-state index in [4.69, 9.17) is 10.5 Å². The molecule has 1 aliphatic rings. The van der Waals surface area contributed by atoms with Gasteiger partial charge >= 0.3 is 5.97 Å². The van der Waals surface area contributed by atoms with E-state index in [1.165, 1.54) is 0 Å².